The third-order valence-corrected chi connectivity index (χ3v) is 3.79. The second-order valence-electron chi connectivity index (χ2n) is 5.22. The van der Waals surface area contributed by atoms with Gasteiger partial charge in [0.2, 0.25) is 11.7 Å². The van der Waals surface area contributed by atoms with E-state index in [2.05, 4.69) is 48.1 Å². The molecule has 2 heteroatoms. The molecule has 0 radical (unpaired) electrons. The van der Waals surface area contributed by atoms with Crippen LogP contribution in [0.5, 0.6) is 5.75 Å². The van der Waals surface area contributed by atoms with Crippen LogP contribution in [0.15, 0.2) is 36.5 Å². The number of para-hydroxylation sites is 1. The zero-order valence-corrected chi connectivity index (χ0v) is 10.9. The monoisotopic (exact) mass is 242 g/mol. The van der Waals surface area contributed by atoms with Crippen molar-refractivity contribution in [3.05, 3.63) is 36.5 Å². The summed E-state index contributed by atoms with van der Waals surface area (Å²) in [5.41, 5.74) is 1.24. The van der Waals surface area contributed by atoms with Gasteiger partial charge in [0.1, 0.15) is 7.05 Å². The summed E-state index contributed by atoms with van der Waals surface area (Å²) in [6, 6.07) is 10.6. The summed E-state index contributed by atoms with van der Waals surface area (Å²) in [6.45, 7) is 0. The molecule has 3 rings (SSSR count). The number of aromatic nitrogens is 1. The first kappa shape index (κ1) is 11.5. The van der Waals surface area contributed by atoms with E-state index in [0.29, 0.717) is 6.10 Å². The molecule has 18 heavy (non-hydrogen) atoms. The minimum absolute atomic E-state index is 0.417. The molecule has 1 aromatic carbocycles. The van der Waals surface area contributed by atoms with Crippen molar-refractivity contribution in [1.29, 1.82) is 0 Å². The van der Waals surface area contributed by atoms with Gasteiger partial charge in [-0.2, -0.15) is 4.57 Å². The molecule has 0 spiro atoms. The zero-order chi connectivity index (χ0) is 12.4. The summed E-state index contributed by atoms with van der Waals surface area (Å²) in [6.07, 6.45) is 8.91. The second kappa shape index (κ2) is 4.97. The number of rotatable bonds is 2. The molecule has 94 valence electrons. The van der Waals surface area contributed by atoms with Gasteiger partial charge in [-0.15, -0.1) is 0 Å². The average Bonchev–Trinajstić information content (AvgIpc) is 2.40. The van der Waals surface area contributed by atoms with Crippen LogP contribution >= 0.6 is 0 Å². The molecule has 1 aliphatic rings. The van der Waals surface area contributed by atoms with Crippen LogP contribution in [0.1, 0.15) is 32.1 Å². The molecule has 0 saturated heterocycles. The maximum Gasteiger partial charge on any atom is 0.212 e. The van der Waals surface area contributed by atoms with E-state index in [-0.39, 0.29) is 0 Å². The van der Waals surface area contributed by atoms with E-state index >= 15 is 0 Å². The molecule has 0 aliphatic heterocycles. The van der Waals surface area contributed by atoms with Crippen LogP contribution in [0.4, 0.5) is 0 Å². The molecule has 0 amide bonds. The quantitative estimate of drug-likeness (QED) is 0.736. The lowest BCUT2D eigenvalue weighted by Crippen LogP contribution is -2.29. The lowest BCUT2D eigenvalue weighted by molar-refractivity contribution is -0.645. The summed E-state index contributed by atoms with van der Waals surface area (Å²) in [5, 5.41) is 1.24. The highest BCUT2D eigenvalue weighted by Gasteiger charge is 2.17. The summed E-state index contributed by atoms with van der Waals surface area (Å²) in [7, 11) is 2.08. The van der Waals surface area contributed by atoms with Crippen molar-refractivity contribution in [2.75, 3.05) is 0 Å². The Morgan fingerprint density at radius 3 is 2.72 bits per heavy atom. The van der Waals surface area contributed by atoms with E-state index in [4.69, 9.17) is 4.74 Å². The fourth-order valence-electron chi connectivity index (χ4n) is 2.82. The van der Waals surface area contributed by atoms with Gasteiger partial charge in [0.05, 0.1) is 11.5 Å². The van der Waals surface area contributed by atoms with Crippen molar-refractivity contribution in [2.45, 2.75) is 38.2 Å². The molecule has 0 N–H and O–H groups in total. The van der Waals surface area contributed by atoms with Crippen LogP contribution in [-0.2, 0) is 7.05 Å². The minimum atomic E-state index is 0.417. The Bertz CT molecular complexity index is 544. The molecule has 0 unspecified atom stereocenters. The highest BCUT2D eigenvalue weighted by Crippen LogP contribution is 2.24. The Labute approximate surface area is 108 Å². The number of benzene rings is 1. The Kier molecular flexibility index (Phi) is 3.18. The molecule has 2 aromatic rings. The van der Waals surface area contributed by atoms with Gasteiger partial charge in [0, 0.05) is 12.1 Å². The van der Waals surface area contributed by atoms with Crippen molar-refractivity contribution in [2.24, 2.45) is 7.05 Å². The molecule has 1 fully saturated rings. The van der Waals surface area contributed by atoms with Crippen LogP contribution in [0.2, 0.25) is 0 Å². The van der Waals surface area contributed by atoms with Crippen molar-refractivity contribution < 1.29 is 9.30 Å². The zero-order valence-electron chi connectivity index (χ0n) is 10.9. The first-order chi connectivity index (χ1) is 8.83. The smallest absolute Gasteiger partial charge is 0.212 e. The fourth-order valence-corrected chi connectivity index (χ4v) is 2.82. The van der Waals surface area contributed by atoms with E-state index in [0.717, 1.165) is 5.75 Å². The minimum Gasteiger partial charge on any atom is -0.484 e. The maximum absolute atomic E-state index is 6.12. The van der Waals surface area contributed by atoms with E-state index < -0.39 is 0 Å². The molecule has 0 bridgehead atoms. The van der Waals surface area contributed by atoms with Gasteiger partial charge in [-0.25, -0.2) is 0 Å². The summed E-state index contributed by atoms with van der Waals surface area (Å²) in [5.74, 6) is 1.00. The van der Waals surface area contributed by atoms with Crippen molar-refractivity contribution in [3.63, 3.8) is 0 Å². The molecule has 1 aromatic heterocycles. The predicted octanol–water partition coefficient (Wildman–Crippen LogP) is 3.38. The van der Waals surface area contributed by atoms with Gasteiger partial charge >= 0.3 is 0 Å². The van der Waals surface area contributed by atoms with Gasteiger partial charge in [-0.1, -0.05) is 18.6 Å². The van der Waals surface area contributed by atoms with Gasteiger partial charge < -0.3 is 4.74 Å². The van der Waals surface area contributed by atoms with Gasteiger partial charge in [-0.3, -0.25) is 0 Å². The molecule has 1 aliphatic carbocycles. The number of hydrogen-bond acceptors (Lipinski definition) is 1. The van der Waals surface area contributed by atoms with E-state index in [9.17, 15) is 0 Å². The third-order valence-electron chi connectivity index (χ3n) is 3.79. The van der Waals surface area contributed by atoms with Gasteiger partial charge in [0.15, 0.2) is 5.75 Å². The lowest BCUT2D eigenvalue weighted by atomic mass is 9.98. The van der Waals surface area contributed by atoms with Crippen LogP contribution in [0.3, 0.4) is 0 Å². The predicted molar refractivity (Wildman–Crippen MR) is 72.6 cm³/mol. The van der Waals surface area contributed by atoms with Crippen LogP contribution in [-0.4, -0.2) is 6.10 Å². The summed E-state index contributed by atoms with van der Waals surface area (Å²) >= 11 is 0. The number of ether oxygens (including phenoxy) is 1. The van der Waals surface area contributed by atoms with E-state index in [1.165, 1.54) is 43.0 Å². The molecular weight excluding hydrogens is 222 g/mol. The first-order valence-corrected chi connectivity index (χ1v) is 6.88. The van der Waals surface area contributed by atoms with E-state index in [1.54, 1.807) is 0 Å². The second-order valence-corrected chi connectivity index (χ2v) is 5.22. The molecule has 2 nitrogen and oxygen atoms in total. The highest BCUT2D eigenvalue weighted by molar-refractivity contribution is 5.76. The largest absolute Gasteiger partial charge is 0.484 e. The standard InChI is InChI=1S/C16H20NO/c1-17-12-15(18-14-8-3-2-4-9-14)11-13-7-5-6-10-16(13)17/h5-7,10-12,14H,2-4,8-9H2,1H3/q+1. The Hall–Kier alpha value is -1.57. The Morgan fingerprint density at radius 1 is 1.11 bits per heavy atom. The van der Waals surface area contributed by atoms with Crippen molar-refractivity contribution >= 4 is 10.9 Å². The number of nitrogens with zero attached hydrogens (tertiary/aromatic N) is 1. The van der Waals surface area contributed by atoms with Crippen molar-refractivity contribution in [3.8, 4) is 5.75 Å². The number of aryl methyl sites for hydroxylation is 1. The number of hydrogen-bond donors (Lipinski definition) is 0. The molecule has 1 heterocycles. The third kappa shape index (κ3) is 2.33. The van der Waals surface area contributed by atoms with Crippen LogP contribution in [0.25, 0.3) is 10.9 Å². The average molecular weight is 242 g/mol. The summed E-state index contributed by atoms with van der Waals surface area (Å²) < 4.78 is 8.27. The lowest BCUT2D eigenvalue weighted by Gasteiger charge is -2.22. The maximum atomic E-state index is 6.12. The topological polar surface area (TPSA) is 13.1 Å². The Balaban J connectivity index is 1.87. The van der Waals surface area contributed by atoms with Gasteiger partial charge in [-0.05, 0) is 31.7 Å². The van der Waals surface area contributed by atoms with Crippen LogP contribution in [0, 0.1) is 0 Å². The van der Waals surface area contributed by atoms with Gasteiger partial charge in [0.25, 0.3) is 0 Å². The highest BCUT2D eigenvalue weighted by atomic mass is 16.5. The number of pyridine rings is 1. The number of fused-ring (bicyclic) bond motifs is 1. The summed E-state index contributed by atoms with van der Waals surface area (Å²) in [4.78, 5) is 0. The van der Waals surface area contributed by atoms with E-state index in [1.807, 2.05) is 0 Å². The first-order valence-electron chi connectivity index (χ1n) is 6.88. The van der Waals surface area contributed by atoms with Crippen molar-refractivity contribution in [1.82, 2.24) is 0 Å². The SMILES string of the molecule is C[n+]1cc(OC2CCCCC2)cc2ccccc21. The normalized spacial score (nSPS) is 16.9. The molecular formula is C16H20NO+. The molecule has 0 atom stereocenters. The van der Waals surface area contributed by atoms with Crippen LogP contribution < -0.4 is 9.30 Å². The molecule has 1 saturated carbocycles. The Morgan fingerprint density at radius 2 is 1.89 bits per heavy atom. The fraction of sp³-hybridized carbons (Fsp3) is 0.438.